The topological polar surface area (TPSA) is 29.1 Å². The predicted octanol–water partition coefficient (Wildman–Crippen LogP) is 4.50. The second-order valence-corrected chi connectivity index (χ2v) is 8.02. The zero-order chi connectivity index (χ0) is 13.1. The summed E-state index contributed by atoms with van der Waals surface area (Å²) in [5.41, 5.74) is 0. The first-order chi connectivity index (χ1) is 8.56. The van der Waals surface area contributed by atoms with Crippen LogP contribution in [0.1, 0.15) is 29.9 Å². The summed E-state index contributed by atoms with van der Waals surface area (Å²) in [6.07, 6.45) is 1.07. The Morgan fingerprint density at radius 1 is 1.44 bits per heavy atom. The molecular weight excluding hydrogens is 330 g/mol. The van der Waals surface area contributed by atoms with Crippen LogP contribution in [0.25, 0.3) is 9.40 Å². The maximum atomic E-state index is 12.0. The molecule has 2 aromatic rings. The van der Waals surface area contributed by atoms with Gasteiger partial charge in [-0.25, -0.2) is 0 Å². The van der Waals surface area contributed by atoms with Crippen molar-refractivity contribution < 1.29 is 4.79 Å². The molecule has 1 N–H and O–H groups in total. The van der Waals surface area contributed by atoms with E-state index in [0.717, 1.165) is 11.3 Å². The molecule has 0 bridgehead atoms. The fourth-order valence-electron chi connectivity index (χ4n) is 1.76. The molecule has 0 saturated carbocycles. The van der Waals surface area contributed by atoms with Crippen molar-refractivity contribution in [3.8, 4) is 0 Å². The van der Waals surface area contributed by atoms with Gasteiger partial charge in [-0.2, -0.15) is 0 Å². The lowest BCUT2D eigenvalue weighted by molar-refractivity contribution is 0.0957. The normalized spacial score (nSPS) is 13.1. The van der Waals surface area contributed by atoms with Gasteiger partial charge in [0.05, 0.1) is 4.88 Å². The van der Waals surface area contributed by atoms with Crippen LogP contribution < -0.4 is 5.32 Å². The first kappa shape index (κ1) is 14.0. The summed E-state index contributed by atoms with van der Waals surface area (Å²) in [4.78, 5) is 13.1. The lowest BCUT2D eigenvalue weighted by Crippen LogP contribution is -2.29. The highest BCUT2D eigenvalue weighted by atomic mass is 79.9. The summed E-state index contributed by atoms with van der Waals surface area (Å²) >= 11 is 6.84. The third kappa shape index (κ3) is 3.56. The lowest BCUT2D eigenvalue weighted by Gasteiger charge is -2.12. The molecule has 0 fully saturated rings. The summed E-state index contributed by atoms with van der Waals surface area (Å²) in [6, 6.07) is 4.04. The van der Waals surface area contributed by atoms with E-state index in [9.17, 15) is 4.79 Å². The van der Waals surface area contributed by atoms with Crippen LogP contribution in [0.3, 0.4) is 0 Å². The Bertz CT molecular complexity index is 503. The van der Waals surface area contributed by atoms with Crippen LogP contribution in [-0.4, -0.2) is 17.3 Å². The van der Waals surface area contributed by atoms with Crippen LogP contribution in [0.4, 0.5) is 0 Å². The van der Waals surface area contributed by atoms with Crippen molar-refractivity contribution in [1.29, 1.82) is 0 Å². The largest absolute Gasteiger partial charge is 0.350 e. The summed E-state index contributed by atoms with van der Waals surface area (Å²) in [5, 5.41) is 5.04. The quantitative estimate of drug-likeness (QED) is 0.794. The Labute approximate surface area is 124 Å². The van der Waals surface area contributed by atoms with Gasteiger partial charge in [0.1, 0.15) is 0 Å². The molecule has 18 heavy (non-hydrogen) atoms. The zero-order valence-corrected chi connectivity index (χ0v) is 13.6. The number of nitrogens with one attached hydrogen (secondary N) is 1. The number of alkyl halides is 1. The van der Waals surface area contributed by atoms with E-state index in [1.807, 2.05) is 6.07 Å². The first-order valence-corrected chi connectivity index (χ1v) is 8.56. The highest BCUT2D eigenvalue weighted by molar-refractivity contribution is 9.09. The molecule has 0 spiro atoms. The number of amides is 1. The van der Waals surface area contributed by atoms with Gasteiger partial charge in [0.15, 0.2) is 0 Å². The Kier molecular flexibility index (Phi) is 4.81. The molecular formula is C13H16BrNOS2. The van der Waals surface area contributed by atoms with E-state index in [-0.39, 0.29) is 5.91 Å². The van der Waals surface area contributed by atoms with Crippen molar-refractivity contribution in [2.75, 3.05) is 6.54 Å². The van der Waals surface area contributed by atoms with E-state index in [1.54, 1.807) is 22.7 Å². The van der Waals surface area contributed by atoms with Gasteiger partial charge in [-0.1, -0.05) is 29.8 Å². The van der Waals surface area contributed by atoms with Crippen LogP contribution in [0, 0.1) is 5.92 Å². The molecule has 1 unspecified atom stereocenters. The van der Waals surface area contributed by atoms with Crippen LogP contribution >= 0.6 is 38.6 Å². The Morgan fingerprint density at radius 3 is 2.89 bits per heavy atom. The van der Waals surface area contributed by atoms with E-state index in [1.165, 1.54) is 9.40 Å². The molecule has 0 aliphatic heterocycles. The Balaban J connectivity index is 1.90. The van der Waals surface area contributed by atoms with E-state index >= 15 is 0 Å². The summed E-state index contributed by atoms with van der Waals surface area (Å²) in [7, 11) is 0. The van der Waals surface area contributed by atoms with E-state index in [2.05, 4.69) is 46.5 Å². The lowest BCUT2D eigenvalue weighted by atomic mass is 10.1. The molecule has 2 aromatic heterocycles. The molecule has 2 heterocycles. The number of hydrogen-bond donors (Lipinski definition) is 1. The third-order valence-electron chi connectivity index (χ3n) is 2.57. The molecule has 2 nitrogen and oxygen atoms in total. The second-order valence-electron chi connectivity index (χ2n) is 4.70. The van der Waals surface area contributed by atoms with E-state index in [0.29, 0.717) is 17.3 Å². The number of carbonyl (C=O) groups is 1. The molecule has 0 aliphatic carbocycles. The third-order valence-corrected chi connectivity index (χ3v) is 5.36. The Hall–Kier alpha value is -0.390. The average molecular weight is 346 g/mol. The van der Waals surface area contributed by atoms with Crippen LogP contribution in [0.2, 0.25) is 0 Å². The molecule has 1 atom stereocenters. The average Bonchev–Trinajstić information content (AvgIpc) is 2.84. The highest BCUT2D eigenvalue weighted by Gasteiger charge is 2.13. The van der Waals surface area contributed by atoms with Gasteiger partial charge < -0.3 is 5.32 Å². The van der Waals surface area contributed by atoms with Crippen molar-refractivity contribution in [2.45, 2.75) is 25.1 Å². The minimum Gasteiger partial charge on any atom is -0.350 e. The van der Waals surface area contributed by atoms with Gasteiger partial charge in [-0.3, -0.25) is 4.79 Å². The number of hydrogen-bond acceptors (Lipinski definition) is 3. The molecule has 0 aromatic carbocycles. The summed E-state index contributed by atoms with van der Waals surface area (Å²) in [5.74, 6) is 0.676. The molecule has 98 valence electrons. The van der Waals surface area contributed by atoms with E-state index < -0.39 is 0 Å². The summed E-state index contributed by atoms with van der Waals surface area (Å²) < 4.78 is 2.39. The van der Waals surface area contributed by atoms with Crippen molar-refractivity contribution in [2.24, 2.45) is 5.92 Å². The minimum atomic E-state index is 0.0385. The van der Waals surface area contributed by atoms with Crippen LogP contribution in [0.5, 0.6) is 0 Å². The predicted molar refractivity (Wildman–Crippen MR) is 84.2 cm³/mol. The van der Waals surface area contributed by atoms with Gasteiger partial charge >= 0.3 is 0 Å². The highest BCUT2D eigenvalue weighted by Crippen LogP contribution is 2.29. The molecule has 1 amide bonds. The monoisotopic (exact) mass is 345 g/mol. The molecule has 2 rings (SSSR count). The Morgan fingerprint density at radius 2 is 2.22 bits per heavy atom. The van der Waals surface area contributed by atoms with E-state index in [4.69, 9.17) is 0 Å². The molecule has 0 radical (unpaired) electrons. The minimum absolute atomic E-state index is 0.0385. The van der Waals surface area contributed by atoms with Crippen LogP contribution in [-0.2, 0) is 0 Å². The number of fused-ring (bicyclic) bond motifs is 1. The van der Waals surface area contributed by atoms with Crippen molar-refractivity contribution in [1.82, 2.24) is 5.32 Å². The number of halogens is 1. The number of carbonyl (C=O) groups excluding carboxylic acids is 1. The van der Waals surface area contributed by atoms with Crippen molar-refractivity contribution >= 4 is 53.9 Å². The first-order valence-electron chi connectivity index (χ1n) is 5.95. The second kappa shape index (κ2) is 6.17. The van der Waals surface area contributed by atoms with Crippen LogP contribution in [0.15, 0.2) is 17.5 Å². The maximum absolute atomic E-state index is 12.0. The fraction of sp³-hybridized carbons (Fsp3) is 0.462. The fourth-order valence-corrected chi connectivity index (χ4v) is 4.70. The number of rotatable bonds is 5. The zero-order valence-electron chi connectivity index (χ0n) is 10.4. The SMILES string of the molecule is CC(C)CC(Br)CNC(=O)c1cc2sccc2s1. The van der Waals surface area contributed by atoms with Gasteiger partial charge in [-0.15, -0.1) is 22.7 Å². The molecule has 5 heteroatoms. The van der Waals surface area contributed by atoms with Gasteiger partial charge in [0.2, 0.25) is 0 Å². The van der Waals surface area contributed by atoms with Gasteiger partial charge in [0, 0.05) is 20.8 Å². The molecule has 0 aliphatic rings. The van der Waals surface area contributed by atoms with Crippen molar-refractivity contribution in [3.63, 3.8) is 0 Å². The summed E-state index contributed by atoms with van der Waals surface area (Å²) in [6.45, 7) is 5.05. The number of thiophene rings is 2. The standard InChI is InChI=1S/C13H16BrNOS2/c1-8(2)5-9(14)7-15-13(16)12-6-11-10(18-12)3-4-17-11/h3-4,6,8-9H,5,7H2,1-2H3,(H,15,16). The van der Waals surface area contributed by atoms with Crippen molar-refractivity contribution in [3.05, 3.63) is 22.4 Å². The smallest absolute Gasteiger partial charge is 0.261 e. The van der Waals surface area contributed by atoms with Gasteiger partial charge in [0.25, 0.3) is 5.91 Å². The van der Waals surface area contributed by atoms with Gasteiger partial charge in [-0.05, 0) is 29.9 Å². The maximum Gasteiger partial charge on any atom is 0.261 e. The molecule has 0 saturated heterocycles.